The van der Waals surface area contributed by atoms with Crippen molar-refractivity contribution in [2.75, 3.05) is 14.1 Å². The minimum atomic E-state index is -0.577. The summed E-state index contributed by atoms with van der Waals surface area (Å²) in [5.74, 6) is -0.460. The fourth-order valence-electron chi connectivity index (χ4n) is 0.856. The van der Waals surface area contributed by atoms with Crippen LogP contribution in [0.25, 0.3) is 0 Å². The van der Waals surface area contributed by atoms with E-state index in [1.54, 1.807) is 14.1 Å². The van der Waals surface area contributed by atoms with Gasteiger partial charge in [-0.15, -0.1) is 0 Å². The summed E-state index contributed by atoms with van der Waals surface area (Å²) in [6.45, 7) is 0. The van der Waals surface area contributed by atoms with Crippen molar-refractivity contribution >= 4 is 11.7 Å². The molecule has 0 aliphatic heterocycles. The fraction of sp³-hybridized carbons (Fsp3) is 0.286. The van der Waals surface area contributed by atoms with Gasteiger partial charge in [0.15, 0.2) is 5.69 Å². The monoisotopic (exact) mass is 183 g/mol. The van der Waals surface area contributed by atoms with Gasteiger partial charge in [-0.2, -0.15) is 0 Å². The number of nitrogens with one attached hydrogen (secondary N) is 1. The third-order valence-electron chi connectivity index (χ3n) is 1.50. The molecule has 1 N–H and O–H groups in total. The number of amides is 1. The molecule has 0 spiro atoms. The van der Waals surface area contributed by atoms with Gasteiger partial charge in [0.2, 0.25) is 0 Å². The molecule has 0 radical (unpaired) electrons. The number of H-pyrrole nitrogens is 1. The van der Waals surface area contributed by atoms with E-state index in [0.29, 0.717) is 0 Å². The van der Waals surface area contributed by atoms with Crippen molar-refractivity contribution in [3.63, 3.8) is 0 Å². The molecule has 70 valence electrons. The molecule has 0 saturated heterocycles. The Bertz CT molecular complexity index is 343. The van der Waals surface area contributed by atoms with Crippen molar-refractivity contribution in [3.05, 3.63) is 27.9 Å². The Balaban J connectivity index is 2.92. The summed E-state index contributed by atoms with van der Waals surface area (Å²) >= 11 is 0. The molecule has 0 unspecified atom stereocenters. The van der Waals surface area contributed by atoms with Crippen LogP contribution in [0.2, 0.25) is 0 Å². The molecular formula is C7H9N3O3. The Morgan fingerprint density at radius 2 is 2.15 bits per heavy atom. The van der Waals surface area contributed by atoms with E-state index in [-0.39, 0.29) is 17.4 Å². The van der Waals surface area contributed by atoms with E-state index in [9.17, 15) is 14.9 Å². The lowest BCUT2D eigenvalue weighted by molar-refractivity contribution is -0.389. The highest BCUT2D eigenvalue weighted by Crippen LogP contribution is 2.10. The molecule has 6 nitrogen and oxygen atoms in total. The summed E-state index contributed by atoms with van der Waals surface area (Å²) < 4.78 is 0. The summed E-state index contributed by atoms with van der Waals surface area (Å²) in [5.41, 5.74) is 0.219. The van der Waals surface area contributed by atoms with Crippen molar-refractivity contribution in [1.82, 2.24) is 9.88 Å². The predicted octanol–water partition coefficient (Wildman–Crippen LogP) is 0.625. The quantitative estimate of drug-likeness (QED) is 0.539. The van der Waals surface area contributed by atoms with E-state index >= 15 is 0 Å². The number of nitrogens with zero attached hydrogens (tertiary/aromatic N) is 2. The second-order valence-electron chi connectivity index (χ2n) is 2.71. The molecule has 0 aliphatic carbocycles. The first-order chi connectivity index (χ1) is 6.02. The molecule has 0 saturated carbocycles. The summed E-state index contributed by atoms with van der Waals surface area (Å²) in [5, 5.41) is 10.3. The van der Waals surface area contributed by atoms with Gasteiger partial charge in [0.05, 0.1) is 0 Å². The highest BCUT2D eigenvalue weighted by Gasteiger charge is 2.16. The molecule has 1 aromatic heterocycles. The van der Waals surface area contributed by atoms with Gasteiger partial charge < -0.3 is 15.0 Å². The summed E-state index contributed by atoms with van der Waals surface area (Å²) in [6, 6.07) is 2.65. The fourth-order valence-corrected chi connectivity index (χ4v) is 0.856. The number of carbonyl (C=O) groups is 1. The molecule has 1 heterocycles. The lowest BCUT2D eigenvalue weighted by Crippen LogP contribution is -2.21. The first-order valence-corrected chi connectivity index (χ1v) is 3.57. The minimum absolute atomic E-state index is 0.176. The second kappa shape index (κ2) is 3.26. The number of rotatable bonds is 2. The van der Waals surface area contributed by atoms with E-state index in [1.165, 1.54) is 17.0 Å². The topological polar surface area (TPSA) is 79.2 Å². The van der Waals surface area contributed by atoms with Crippen LogP contribution >= 0.6 is 0 Å². The first-order valence-electron chi connectivity index (χ1n) is 3.57. The predicted molar refractivity (Wildman–Crippen MR) is 45.5 cm³/mol. The van der Waals surface area contributed by atoms with Crippen LogP contribution in [-0.4, -0.2) is 34.8 Å². The third kappa shape index (κ3) is 1.84. The summed E-state index contributed by atoms with van der Waals surface area (Å²) in [6.07, 6.45) is 0. The molecule has 0 aromatic carbocycles. The van der Waals surface area contributed by atoms with Gasteiger partial charge in [0.1, 0.15) is 0 Å². The molecule has 6 heteroatoms. The zero-order valence-electron chi connectivity index (χ0n) is 7.27. The SMILES string of the molecule is CN(C)C(=O)c1ccc([N+](=O)[O-])[nH]1. The Morgan fingerprint density at radius 1 is 1.54 bits per heavy atom. The molecule has 13 heavy (non-hydrogen) atoms. The highest BCUT2D eigenvalue weighted by molar-refractivity contribution is 5.92. The second-order valence-corrected chi connectivity index (χ2v) is 2.71. The van der Waals surface area contributed by atoms with Crippen molar-refractivity contribution in [3.8, 4) is 0 Å². The number of hydrogen-bond donors (Lipinski definition) is 1. The third-order valence-corrected chi connectivity index (χ3v) is 1.50. The van der Waals surface area contributed by atoms with Crippen molar-refractivity contribution in [1.29, 1.82) is 0 Å². The smallest absolute Gasteiger partial charge is 0.321 e. The van der Waals surface area contributed by atoms with Crippen LogP contribution in [0.5, 0.6) is 0 Å². The van der Waals surface area contributed by atoms with Gasteiger partial charge in [-0.25, -0.2) is 4.98 Å². The van der Waals surface area contributed by atoms with Gasteiger partial charge in [-0.3, -0.25) is 4.79 Å². The molecular weight excluding hydrogens is 174 g/mol. The molecule has 0 bridgehead atoms. The maximum absolute atomic E-state index is 11.3. The van der Waals surface area contributed by atoms with Crippen molar-refractivity contribution in [2.24, 2.45) is 0 Å². The van der Waals surface area contributed by atoms with Gasteiger partial charge in [0.25, 0.3) is 5.91 Å². The lowest BCUT2D eigenvalue weighted by atomic mass is 10.4. The maximum Gasteiger partial charge on any atom is 0.321 e. The number of aromatic nitrogens is 1. The van der Waals surface area contributed by atoms with Gasteiger partial charge in [-0.1, -0.05) is 0 Å². The molecule has 0 fully saturated rings. The number of hydrogen-bond acceptors (Lipinski definition) is 3. The van der Waals surface area contributed by atoms with Crippen LogP contribution < -0.4 is 0 Å². The van der Waals surface area contributed by atoms with Gasteiger partial charge in [-0.05, 0) is 11.0 Å². The van der Waals surface area contributed by atoms with Crippen LogP contribution in [0.1, 0.15) is 10.5 Å². The van der Waals surface area contributed by atoms with Gasteiger partial charge >= 0.3 is 5.82 Å². The summed E-state index contributed by atoms with van der Waals surface area (Å²) in [4.78, 5) is 24.7. The zero-order valence-corrected chi connectivity index (χ0v) is 7.27. The first kappa shape index (κ1) is 9.24. The Kier molecular flexibility index (Phi) is 2.32. The van der Waals surface area contributed by atoms with E-state index in [1.807, 2.05) is 0 Å². The zero-order chi connectivity index (χ0) is 10.0. The van der Waals surface area contributed by atoms with Crippen LogP contribution in [0.3, 0.4) is 0 Å². The van der Waals surface area contributed by atoms with E-state index < -0.39 is 4.92 Å². The van der Waals surface area contributed by atoms with Crippen LogP contribution in [0.15, 0.2) is 12.1 Å². The van der Waals surface area contributed by atoms with Gasteiger partial charge in [0, 0.05) is 20.2 Å². The van der Waals surface area contributed by atoms with Crippen LogP contribution in [-0.2, 0) is 0 Å². The molecule has 1 rings (SSSR count). The maximum atomic E-state index is 11.3. The van der Waals surface area contributed by atoms with Crippen LogP contribution in [0, 0.1) is 10.1 Å². The average Bonchev–Trinajstić information content (AvgIpc) is 2.50. The standard InChI is InChI=1S/C7H9N3O3/c1-9(2)7(11)5-3-4-6(8-5)10(12)13/h3-4,8H,1-2H3. The normalized spacial score (nSPS) is 9.69. The van der Waals surface area contributed by atoms with Crippen LogP contribution in [0.4, 0.5) is 5.82 Å². The molecule has 1 amide bonds. The summed E-state index contributed by atoms with van der Waals surface area (Å²) in [7, 11) is 3.16. The average molecular weight is 183 g/mol. The lowest BCUT2D eigenvalue weighted by Gasteiger charge is -2.05. The Hall–Kier alpha value is -1.85. The number of aromatic amines is 1. The Labute approximate surface area is 74.3 Å². The number of nitro groups is 1. The van der Waals surface area contributed by atoms with Crippen molar-refractivity contribution in [2.45, 2.75) is 0 Å². The molecule has 0 aliphatic rings. The van der Waals surface area contributed by atoms with E-state index in [4.69, 9.17) is 0 Å². The number of carbonyl (C=O) groups excluding carboxylic acids is 1. The molecule has 0 atom stereocenters. The van der Waals surface area contributed by atoms with Crippen molar-refractivity contribution < 1.29 is 9.72 Å². The highest BCUT2D eigenvalue weighted by atomic mass is 16.6. The van der Waals surface area contributed by atoms with E-state index in [2.05, 4.69) is 4.98 Å². The Morgan fingerprint density at radius 3 is 2.54 bits per heavy atom. The van der Waals surface area contributed by atoms with E-state index in [0.717, 1.165) is 0 Å². The largest absolute Gasteiger partial charge is 0.358 e. The minimum Gasteiger partial charge on any atom is -0.358 e. The molecule has 1 aromatic rings.